The summed E-state index contributed by atoms with van der Waals surface area (Å²) in [5.41, 5.74) is 2.87. The number of rotatable bonds is 4. The Morgan fingerprint density at radius 3 is 3.04 bits per heavy atom. The second-order valence-corrected chi connectivity index (χ2v) is 6.05. The van der Waals surface area contributed by atoms with Gasteiger partial charge in [0.1, 0.15) is 6.04 Å². The summed E-state index contributed by atoms with van der Waals surface area (Å²) in [6, 6.07) is 6.32. The van der Waals surface area contributed by atoms with E-state index in [1.807, 2.05) is 6.92 Å². The van der Waals surface area contributed by atoms with E-state index in [9.17, 15) is 9.59 Å². The zero-order valence-corrected chi connectivity index (χ0v) is 14.5. The van der Waals surface area contributed by atoms with Crippen LogP contribution in [-0.2, 0) is 17.6 Å². The first-order valence-electron chi connectivity index (χ1n) is 8.48. The van der Waals surface area contributed by atoms with E-state index in [2.05, 4.69) is 26.7 Å². The van der Waals surface area contributed by atoms with E-state index in [1.165, 1.54) is 4.90 Å². The van der Waals surface area contributed by atoms with Crippen molar-refractivity contribution in [1.29, 1.82) is 5.26 Å². The van der Waals surface area contributed by atoms with Crippen molar-refractivity contribution in [2.45, 2.75) is 25.8 Å². The maximum atomic E-state index is 12.8. The molecule has 8 nitrogen and oxygen atoms in total. The first-order chi connectivity index (χ1) is 12.6. The Balaban J connectivity index is 1.79. The third-order valence-corrected chi connectivity index (χ3v) is 4.42. The molecule has 3 N–H and O–H groups in total. The maximum absolute atomic E-state index is 12.8. The Bertz CT molecular complexity index is 840. The normalized spacial score (nSPS) is 16.7. The van der Waals surface area contributed by atoms with Gasteiger partial charge in [0.15, 0.2) is 0 Å². The van der Waals surface area contributed by atoms with Crippen molar-refractivity contribution in [3.05, 3.63) is 47.5 Å². The molecule has 134 valence electrons. The number of amides is 3. The molecule has 26 heavy (non-hydrogen) atoms. The number of urea groups is 1. The first-order valence-corrected chi connectivity index (χ1v) is 8.48. The lowest BCUT2D eigenvalue weighted by Gasteiger charge is -2.35. The minimum absolute atomic E-state index is 0.184. The summed E-state index contributed by atoms with van der Waals surface area (Å²) in [5.74, 6) is -0.184. The molecule has 1 aromatic heterocycles. The van der Waals surface area contributed by atoms with Crippen LogP contribution in [0, 0.1) is 11.3 Å². The molecule has 0 aliphatic carbocycles. The number of piperazine rings is 1. The van der Waals surface area contributed by atoms with E-state index in [0.29, 0.717) is 37.2 Å². The maximum Gasteiger partial charge on any atom is 0.322 e. The zero-order valence-electron chi connectivity index (χ0n) is 14.5. The number of anilines is 1. The molecule has 8 heteroatoms. The first kappa shape index (κ1) is 17.5. The molecule has 0 radical (unpaired) electrons. The number of carbonyl (C=O) groups is 2. The van der Waals surface area contributed by atoms with Crippen LogP contribution in [0.3, 0.4) is 0 Å². The predicted molar refractivity (Wildman–Crippen MR) is 95.3 cm³/mol. The van der Waals surface area contributed by atoms with Gasteiger partial charge in [-0.25, -0.2) is 9.78 Å². The van der Waals surface area contributed by atoms with E-state index in [4.69, 9.17) is 5.26 Å². The highest BCUT2D eigenvalue weighted by Gasteiger charge is 2.33. The second kappa shape index (κ2) is 7.70. The highest BCUT2D eigenvalue weighted by molar-refractivity contribution is 5.95. The third-order valence-electron chi connectivity index (χ3n) is 4.42. The third kappa shape index (κ3) is 3.67. The van der Waals surface area contributed by atoms with Crippen LogP contribution in [0.25, 0.3) is 0 Å². The van der Waals surface area contributed by atoms with Crippen molar-refractivity contribution in [2.24, 2.45) is 0 Å². The minimum atomic E-state index is -0.604. The molecule has 1 atom stereocenters. The average molecular weight is 352 g/mol. The number of carbonyl (C=O) groups excluding carboxylic acids is 2. The molecule has 3 rings (SSSR count). The number of nitriles is 1. The Labute approximate surface area is 151 Å². The number of imidazole rings is 1. The highest BCUT2D eigenvalue weighted by Crippen LogP contribution is 2.20. The lowest BCUT2D eigenvalue weighted by Crippen LogP contribution is -2.59. The predicted octanol–water partition coefficient (Wildman–Crippen LogP) is 1.42. The fourth-order valence-electron chi connectivity index (χ4n) is 3.03. The van der Waals surface area contributed by atoms with Crippen LogP contribution in [0.4, 0.5) is 10.5 Å². The van der Waals surface area contributed by atoms with Gasteiger partial charge in [0.05, 0.1) is 18.0 Å². The largest absolute Gasteiger partial charge is 0.353 e. The number of aromatic nitrogens is 2. The van der Waals surface area contributed by atoms with Gasteiger partial charge >= 0.3 is 6.03 Å². The van der Waals surface area contributed by atoms with Crippen molar-refractivity contribution in [2.75, 3.05) is 18.4 Å². The van der Waals surface area contributed by atoms with Crippen LogP contribution in [0.1, 0.15) is 23.7 Å². The number of aryl methyl sites for hydroxylation is 1. The Morgan fingerprint density at radius 1 is 1.50 bits per heavy atom. The number of hydrogen-bond donors (Lipinski definition) is 3. The summed E-state index contributed by atoms with van der Waals surface area (Å²) in [4.78, 5) is 33.6. The van der Waals surface area contributed by atoms with Crippen LogP contribution in [0.5, 0.6) is 0 Å². The molecule has 1 aliphatic rings. The fourth-order valence-corrected chi connectivity index (χ4v) is 3.03. The molecule has 1 saturated heterocycles. The summed E-state index contributed by atoms with van der Waals surface area (Å²) in [7, 11) is 0. The quantitative estimate of drug-likeness (QED) is 0.772. The standard InChI is InChI=1S/C18H20N6O2/c1-2-13-7-12(9-19)3-4-15(13)23-18(26)24-6-5-21-17(25)16(24)8-14-10-20-11-22-14/h3-4,7,10-11,16H,2,5-6,8H2,1H3,(H,20,22)(H,21,25)(H,23,26)/t16-/m0/s1. The molecule has 2 aromatic rings. The van der Waals surface area contributed by atoms with Gasteiger partial charge in [-0.3, -0.25) is 4.79 Å². The molecule has 0 saturated carbocycles. The minimum Gasteiger partial charge on any atom is -0.353 e. The molecule has 0 unspecified atom stereocenters. The van der Waals surface area contributed by atoms with Gasteiger partial charge in [-0.1, -0.05) is 6.92 Å². The number of H-pyrrole nitrogens is 1. The van der Waals surface area contributed by atoms with Crippen molar-refractivity contribution in [3.8, 4) is 6.07 Å². The topological polar surface area (TPSA) is 114 Å². The van der Waals surface area contributed by atoms with Gasteiger partial charge in [0.2, 0.25) is 5.91 Å². The van der Waals surface area contributed by atoms with Crippen molar-refractivity contribution in [3.63, 3.8) is 0 Å². The molecule has 1 aromatic carbocycles. The van der Waals surface area contributed by atoms with Gasteiger partial charge < -0.3 is 20.5 Å². The SMILES string of the molecule is CCc1cc(C#N)ccc1NC(=O)N1CCNC(=O)[C@@H]1Cc1cnc[nH]1. The molecular weight excluding hydrogens is 332 g/mol. The van der Waals surface area contributed by atoms with Crippen molar-refractivity contribution >= 4 is 17.6 Å². The molecule has 2 heterocycles. The van der Waals surface area contributed by atoms with Crippen molar-refractivity contribution < 1.29 is 9.59 Å². The van der Waals surface area contributed by atoms with E-state index in [0.717, 1.165) is 11.3 Å². The summed E-state index contributed by atoms with van der Waals surface area (Å²) < 4.78 is 0. The van der Waals surface area contributed by atoms with Crippen LogP contribution in [0.15, 0.2) is 30.7 Å². The smallest absolute Gasteiger partial charge is 0.322 e. The van der Waals surface area contributed by atoms with Crippen LogP contribution < -0.4 is 10.6 Å². The van der Waals surface area contributed by atoms with E-state index < -0.39 is 6.04 Å². The molecule has 1 aliphatic heterocycles. The number of aromatic amines is 1. The monoisotopic (exact) mass is 352 g/mol. The molecule has 1 fully saturated rings. The zero-order chi connectivity index (χ0) is 18.5. The van der Waals surface area contributed by atoms with E-state index in [1.54, 1.807) is 30.7 Å². The molecule has 0 bridgehead atoms. The van der Waals surface area contributed by atoms with Crippen LogP contribution in [0.2, 0.25) is 0 Å². The van der Waals surface area contributed by atoms with E-state index in [-0.39, 0.29) is 11.9 Å². The number of benzene rings is 1. The van der Waals surface area contributed by atoms with Gasteiger partial charge in [-0.15, -0.1) is 0 Å². The Hall–Kier alpha value is -3.34. The molecular formula is C18H20N6O2. The van der Waals surface area contributed by atoms with Gasteiger partial charge in [0.25, 0.3) is 0 Å². The lowest BCUT2D eigenvalue weighted by molar-refractivity contribution is -0.127. The highest BCUT2D eigenvalue weighted by atomic mass is 16.2. The number of nitrogens with one attached hydrogen (secondary N) is 3. The summed E-state index contributed by atoms with van der Waals surface area (Å²) >= 11 is 0. The number of hydrogen-bond acceptors (Lipinski definition) is 4. The van der Waals surface area contributed by atoms with Gasteiger partial charge in [-0.05, 0) is 30.2 Å². The van der Waals surface area contributed by atoms with E-state index >= 15 is 0 Å². The van der Waals surface area contributed by atoms with Crippen LogP contribution in [-0.4, -0.2) is 45.9 Å². The molecule has 0 spiro atoms. The second-order valence-electron chi connectivity index (χ2n) is 6.05. The summed E-state index contributed by atoms with van der Waals surface area (Å²) in [6.07, 6.45) is 4.25. The summed E-state index contributed by atoms with van der Waals surface area (Å²) in [5, 5.41) is 14.7. The van der Waals surface area contributed by atoms with Gasteiger partial charge in [-0.2, -0.15) is 5.26 Å². The average Bonchev–Trinajstić information content (AvgIpc) is 3.16. The van der Waals surface area contributed by atoms with Crippen LogP contribution >= 0.6 is 0 Å². The summed E-state index contributed by atoms with van der Waals surface area (Å²) in [6.45, 7) is 2.80. The van der Waals surface area contributed by atoms with Gasteiger partial charge in [0, 0.05) is 37.1 Å². The number of nitrogens with zero attached hydrogens (tertiary/aromatic N) is 3. The molecule has 3 amide bonds. The Kier molecular flexibility index (Phi) is 5.17. The Morgan fingerprint density at radius 2 is 2.35 bits per heavy atom. The fraction of sp³-hybridized carbons (Fsp3) is 0.333. The van der Waals surface area contributed by atoms with Crippen molar-refractivity contribution in [1.82, 2.24) is 20.2 Å². The lowest BCUT2D eigenvalue weighted by atomic mass is 10.1.